The zero-order chi connectivity index (χ0) is 13.5. The Bertz CT molecular complexity index is 168. The third-order valence-corrected chi connectivity index (χ3v) is 5.71. The maximum atomic E-state index is 2.26. The van der Waals surface area contributed by atoms with Crippen LogP contribution < -0.4 is 0 Å². The lowest BCUT2D eigenvalue weighted by molar-refractivity contribution is 0.0198. The summed E-state index contributed by atoms with van der Waals surface area (Å²) in [5, 5.41) is 0. The van der Waals surface area contributed by atoms with Crippen molar-refractivity contribution in [2.75, 3.05) is 0 Å². The molecule has 0 aromatic rings. The van der Waals surface area contributed by atoms with Crippen molar-refractivity contribution in [2.24, 2.45) is 23.7 Å². The zero-order valence-corrected chi connectivity index (χ0v) is 13.5. The summed E-state index contributed by atoms with van der Waals surface area (Å²) in [6.45, 7) is 4.53. The largest absolute Gasteiger partial charge is 0.0654 e. The van der Waals surface area contributed by atoms with Crippen molar-refractivity contribution >= 4 is 0 Å². The van der Waals surface area contributed by atoms with Gasteiger partial charge in [-0.05, 0) is 62.2 Å². The van der Waals surface area contributed by atoms with Gasteiger partial charge in [0.2, 0.25) is 0 Å². The fourth-order valence-corrected chi connectivity index (χ4v) is 5.01. The van der Waals surface area contributed by atoms with E-state index in [0.717, 1.165) is 0 Å². The molecule has 0 saturated heterocycles. The second kappa shape index (κ2) is 8.32. The quantitative estimate of drug-likeness (QED) is 0.475. The molecule has 4 aliphatic rings. The van der Waals surface area contributed by atoms with Gasteiger partial charge in [0, 0.05) is 0 Å². The van der Waals surface area contributed by atoms with Gasteiger partial charge >= 0.3 is 0 Å². The molecule has 19 heavy (non-hydrogen) atoms. The average Bonchev–Trinajstić information content (AvgIpc) is 2.38. The van der Waals surface area contributed by atoms with Crippen molar-refractivity contribution in [3.8, 4) is 0 Å². The predicted molar refractivity (Wildman–Crippen MR) is 85.3 cm³/mol. The number of hydrogen-bond donors (Lipinski definition) is 0. The van der Waals surface area contributed by atoms with Gasteiger partial charge in [0.1, 0.15) is 0 Å². The predicted octanol–water partition coefficient (Wildman–Crippen LogP) is 6.59. The van der Waals surface area contributed by atoms with Crippen molar-refractivity contribution in [2.45, 2.75) is 97.3 Å². The van der Waals surface area contributed by atoms with Crippen LogP contribution in [-0.2, 0) is 0 Å². The first-order chi connectivity index (χ1) is 9.31. The minimum Gasteiger partial charge on any atom is -0.0654 e. The molecule has 4 saturated carbocycles. The highest BCUT2D eigenvalue weighted by Crippen LogP contribution is 2.53. The monoisotopic (exact) mass is 264 g/mol. The van der Waals surface area contributed by atoms with E-state index in [0.29, 0.717) is 0 Å². The lowest BCUT2D eigenvalue weighted by Crippen LogP contribution is -2.38. The van der Waals surface area contributed by atoms with Gasteiger partial charge < -0.3 is 0 Å². The van der Waals surface area contributed by atoms with Crippen LogP contribution in [0.5, 0.6) is 0 Å². The molecule has 0 radical (unpaired) electrons. The van der Waals surface area contributed by atoms with Crippen LogP contribution in [0.2, 0.25) is 0 Å². The second-order valence-corrected chi connectivity index (χ2v) is 7.65. The molecule has 0 nitrogen and oxygen atoms in total. The van der Waals surface area contributed by atoms with E-state index in [1.165, 1.54) is 68.6 Å². The Morgan fingerprint density at radius 1 is 0.474 bits per heavy atom. The van der Waals surface area contributed by atoms with E-state index < -0.39 is 0 Å². The standard InChI is InChI=1S/C10H16.C9H20/c1-7-2-9-4-8(1)5-10(3-7)6-9;1-3-5-7-9-8-6-4-2/h7-10H,1-6H2;3-9H2,1-2H3. The van der Waals surface area contributed by atoms with Gasteiger partial charge in [-0.25, -0.2) is 0 Å². The molecule has 0 N–H and O–H groups in total. The summed E-state index contributed by atoms with van der Waals surface area (Å²) in [4.78, 5) is 0. The fraction of sp³-hybridized carbons (Fsp3) is 1.00. The van der Waals surface area contributed by atoms with E-state index in [1.807, 2.05) is 0 Å². The average molecular weight is 264 g/mol. The van der Waals surface area contributed by atoms with Gasteiger partial charge in [0.25, 0.3) is 0 Å². The van der Waals surface area contributed by atoms with Gasteiger partial charge in [-0.2, -0.15) is 0 Å². The molecule has 0 amide bonds. The summed E-state index contributed by atoms with van der Waals surface area (Å²) in [5.41, 5.74) is 0. The Balaban J connectivity index is 0.000000142. The molecule has 0 aliphatic heterocycles. The van der Waals surface area contributed by atoms with Gasteiger partial charge in [0.05, 0.1) is 0 Å². The molecular formula is C19H36. The fourth-order valence-electron chi connectivity index (χ4n) is 5.01. The summed E-state index contributed by atoms with van der Waals surface area (Å²) in [5.74, 6) is 4.71. The Morgan fingerprint density at radius 2 is 0.737 bits per heavy atom. The third kappa shape index (κ3) is 5.12. The van der Waals surface area contributed by atoms with Crippen LogP contribution in [0.4, 0.5) is 0 Å². The van der Waals surface area contributed by atoms with Crippen LogP contribution in [0, 0.1) is 23.7 Å². The molecule has 0 heterocycles. The normalized spacial score (nSPS) is 35.1. The molecule has 0 aromatic heterocycles. The lowest BCUT2D eigenvalue weighted by Gasteiger charge is -2.49. The highest BCUT2D eigenvalue weighted by atomic mass is 14.5. The second-order valence-electron chi connectivity index (χ2n) is 7.65. The van der Waals surface area contributed by atoms with Gasteiger partial charge in [-0.1, -0.05) is 58.8 Å². The molecule has 0 unspecified atom stereocenters. The van der Waals surface area contributed by atoms with Gasteiger partial charge in [-0.3, -0.25) is 0 Å². The topological polar surface area (TPSA) is 0 Å². The van der Waals surface area contributed by atoms with Crippen LogP contribution in [0.3, 0.4) is 0 Å². The van der Waals surface area contributed by atoms with Crippen LogP contribution in [-0.4, -0.2) is 0 Å². The maximum absolute atomic E-state index is 2.26. The third-order valence-electron chi connectivity index (χ3n) is 5.71. The molecule has 4 aliphatic carbocycles. The molecule has 0 spiro atoms. The maximum Gasteiger partial charge on any atom is -0.0406 e. The Kier molecular flexibility index (Phi) is 6.74. The Morgan fingerprint density at radius 3 is 1.00 bits per heavy atom. The van der Waals surface area contributed by atoms with Crippen molar-refractivity contribution in [1.82, 2.24) is 0 Å². The smallest absolute Gasteiger partial charge is 0.0406 e. The Labute approximate surface area is 121 Å². The molecule has 0 heteroatoms. The first-order valence-corrected chi connectivity index (χ1v) is 9.31. The lowest BCUT2D eigenvalue weighted by atomic mass is 9.56. The summed E-state index contributed by atoms with van der Waals surface area (Å²) < 4.78 is 0. The van der Waals surface area contributed by atoms with E-state index in [1.54, 1.807) is 38.5 Å². The van der Waals surface area contributed by atoms with Crippen molar-refractivity contribution < 1.29 is 0 Å². The summed E-state index contributed by atoms with van der Waals surface area (Å²) in [7, 11) is 0. The summed E-state index contributed by atoms with van der Waals surface area (Å²) in [6, 6.07) is 0. The zero-order valence-electron chi connectivity index (χ0n) is 13.5. The first kappa shape index (κ1) is 15.4. The Hall–Kier alpha value is 0. The molecular weight excluding hydrogens is 228 g/mol. The van der Waals surface area contributed by atoms with Crippen LogP contribution in [0.25, 0.3) is 0 Å². The van der Waals surface area contributed by atoms with Crippen molar-refractivity contribution in [3.63, 3.8) is 0 Å². The molecule has 4 fully saturated rings. The summed E-state index contributed by atoms with van der Waals surface area (Å²) >= 11 is 0. The highest BCUT2D eigenvalue weighted by molar-refractivity contribution is 4.92. The minimum atomic E-state index is 1.18. The minimum absolute atomic E-state index is 1.18. The molecule has 4 rings (SSSR count). The molecule has 0 atom stereocenters. The van der Waals surface area contributed by atoms with Crippen LogP contribution in [0.1, 0.15) is 97.3 Å². The van der Waals surface area contributed by atoms with Crippen LogP contribution in [0.15, 0.2) is 0 Å². The molecule has 0 aromatic carbocycles. The van der Waals surface area contributed by atoms with E-state index in [4.69, 9.17) is 0 Å². The number of rotatable bonds is 6. The van der Waals surface area contributed by atoms with Gasteiger partial charge in [-0.15, -0.1) is 0 Å². The molecule has 112 valence electrons. The van der Waals surface area contributed by atoms with Crippen LogP contribution >= 0.6 is 0 Å². The van der Waals surface area contributed by atoms with E-state index in [9.17, 15) is 0 Å². The molecule has 4 bridgehead atoms. The highest BCUT2D eigenvalue weighted by Gasteiger charge is 2.41. The number of hydrogen-bond acceptors (Lipinski definition) is 0. The SMILES string of the molecule is C1C2CC3CC1CC(C2)C3.CCCCCCCCC. The van der Waals surface area contributed by atoms with Gasteiger partial charge in [0.15, 0.2) is 0 Å². The van der Waals surface area contributed by atoms with E-state index in [-0.39, 0.29) is 0 Å². The first-order valence-electron chi connectivity index (χ1n) is 9.31. The number of unbranched alkanes of at least 4 members (excludes halogenated alkanes) is 6. The summed E-state index contributed by atoms with van der Waals surface area (Å²) in [6.07, 6.45) is 19.6. The van der Waals surface area contributed by atoms with E-state index >= 15 is 0 Å². The van der Waals surface area contributed by atoms with E-state index in [2.05, 4.69) is 13.8 Å². The van der Waals surface area contributed by atoms with Crippen molar-refractivity contribution in [3.05, 3.63) is 0 Å². The van der Waals surface area contributed by atoms with Crippen molar-refractivity contribution in [1.29, 1.82) is 0 Å².